The molecular weight excluding hydrogens is 266 g/mol. The molecule has 0 spiro atoms. The first-order chi connectivity index (χ1) is 9.38. The molecule has 0 aliphatic rings. The van der Waals surface area contributed by atoms with E-state index in [4.69, 9.17) is 0 Å². The molecule has 0 fully saturated rings. The Bertz CT molecular complexity index is 660. The number of hydrogen-bond acceptors (Lipinski definition) is 4. The van der Waals surface area contributed by atoms with E-state index in [1.807, 2.05) is 0 Å². The zero-order valence-electron chi connectivity index (χ0n) is 11.3. The van der Waals surface area contributed by atoms with Gasteiger partial charge in [-0.05, 0) is 6.92 Å². The lowest BCUT2D eigenvalue weighted by atomic mass is 10.2. The minimum absolute atomic E-state index is 0.128. The smallest absolute Gasteiger partial charge is 0.244 e. The number of fused-ring (bicyclic) bond motifs is 1. The summed E-state index contributed by atoms with van der Waals surface area (Å²) >= 11 is 0. The number of halogens is 2. The van der Waals surface area contributed by atoms with Crippen molar-refractivity contribution in [3.8, 4) is 0 Å². The summed E-state index contributed by atoms with van der Waals surface area (Å²) in [6.45, 7) is 1.68. The van der Waals surface area contributed by atoms with Crippen LogP contribution in [0.5, 0.6) is 0 Å². The van der Waals surface area contributed by atoms with Crippen molar-refractivity contribution in [2.75, 3.05) is 19.4 Å². The Labute approximate surface area is 114 Å². The van der Waals surface area contributed by atoms with E-state index in [2.05, 4.69) is 15.3 Å². The molecule has 7 heteroatoms. The van der Waals surface area contributed by atoms with E-state index in [-0.39, 0.29) is 16.9 Å². The van der Waals surface area contributed by atoms with Crippen LogP contribution in [-0.4, -0.2) is 40.9 Å². The van der Waals surface area contributed by atoms with Gasteiger partial charge in [-0.1, -0.05) is 0 Å². The zero-order valence-corrected chi connectivity index (χ0v) is 11.3. The molecule has 1 aromatic heterocycles. The summed E-state index contributed by atoms with van der Waals surface area (Å²) in [5, 5.41) is 2.87. The SMILES string of the molecule is C[C@H](Nc1cnc2cc(F)c(F)cc2n1)C(=O)N(C)C. The summed E-state index contributed by atoms with van der Waals surface area (Å²) in [7, 11) is 3.29. The molecule has 106 valence electrons. The lowest BCUT2D eigenvalue weighted by Crippen LogP contribution is -2.36. The minimum atomic E-state index is -0.985. The number of nitrogens with zero attached hydrogens (tertiary/aromatic N) is 3. The first-order valence-electron chi connectivity index (χ1n) is 5.98. The molecule has 0 bridgehead atoms. The van der Waals surface area contributed by atoms with Crippen molar-refractivity contribution in [2.24, 2.45) is 0 Å². The van der Waals surface area contributed by atoms with Crippen LogP contribution < -0.4 is 5.32 Å². The van der Waals surface area contributed by atoms with Gasteiger partial charge in [-0.3, -0.25) is 9.78 Å². The molecule has 0 aliphatic carbocycles. The first-order valence-corrected chi connectivity index (χ1v) is 5.98. The van der Waals surface area contributed by atoms with Crippen molar-refractivity contribution in [1.29, 1.82) is 0 Å². The predicted molar refractivity (Wildman–Crippen MR) is 71.2 cm³/mol. The van der Waals surface area contributed by atoms with Gasteiger partial charge in [0.05, 0.1) is 17.2 Å². The van der Waals surface area contributed by atoms with Crippen molar-refractivity contribution in [3.05, 3.63) is 30.0 Å². The molecule has 2 rings (SSSR count). The van der Waals surface area contributed by atoms with Gasteiger partial charge in [-0.2, -0.15) is 0 Å². The van der Waals surface area contributed by atoms with Gasteiger partial charge >= 0.3 is 0 Å². The van der Waals surface area contributed by atoms with Gasteiger partial charge in [0, 0.05) is 26.2 Å². The number of carbonyl (C=O) groups excluding carboxylic acids is 1. The molecule has 5 nitrogen and oxygen atoms in total. The fourth-order valence-electron chi connectivity index (χ4n) is 1.75. The van der Waals surface area contributed by atoms with E-state index in [1.165, 1.54) is 11.1 Å². The van der Waals surface area contributed by atoms with E-state index < -0.39 is 17.7 Å². The standard InChI is InChI=1S/C13H14F2N4O/c1-7(13(20)19(2)3)17-12-6-16-10-4-8(14)9(15)5-11(10)18-12/h4-7H,1-3H3,(H,17,18)/t7-/m0/s1. The summed E-state index contributed by atoms with van der Waals surface area (Å²) in [4.78, 5) is 21.3. The quantitative estimate of drug-likeness (QED) is 0.931. The third kappa shape index (κ3) is 2.81. The molecule has 1 aromatic carbocycles. The van der Waals surface area contributed by atoms with E-state index in [0.29, 0.717) is 5.82 Å². The highest BCUT2D eigenvalue weighted by molar-refractivity contribution is 5.84. The molecule has 1 atom stereocenters. The number of hydrogen-bond donors (Lipinski definition) is 1. The Morgan fingerprint density at radius 1 is 1.25 bits per heavy atom. The second-order valence-electron chi connectivity index (χ2n) is 4.61. The number of rotatable bonds is 3. The molecule has 2 aromatic rings. The lowest BCUT2D eigenvalue weighted by Gasteiger charge is -2.18. The number of amides is 1. The maximum Gasteiger partial charge on any atom is 0.244 e. The first kappa shape index (κ1) is 14.1. The number of benzene rings is 1. The molecule has 1 heterocycles. The van der Waals surface area contributed by atoms with Gasteiger partial charge in [0.25, 0.3) is 0 Å². The van der Waals surface area contributed by atoms with Crippen LogP contribution in [0.15, 0.2) is 18.3 Å². The molecule has 1 N–H and O–H groups in total. The number of aromatic nitrogens is 2. The molecule has 0 saturated heterocycles. The Morgan fingerprint density at radius 3 is 2.45 bits per heavy atom. The summed E-state index contributed by atoms with van der Waals surface area (Å²) in [6.07, 6.45) is 1.37. The summed E-state index contributed by atoms with van der Waals surface area (Å²) in [5.74, 6) is -1.76. The Balaban J connectivity index is 2.28. The van der Waals surface area contributed by atoms with Crippen molar-refractivity contribution >= 4 is 22.8 Å². The number of anilines is 1. The van der Waals surface area contributed by atoms with Crippen molar-refractivity contribution in [1.82, 2.24) is 14.9 Å². The van der Waals surface area contributed by atoms with Crippen LogP contribution in [0.25, 0.3) is 11.0 Å². The van der Waals surface area contributed by atoms with Crippen LogP contribution in [0.2, 0.25) is 0 Å². The van der Waals surface area contributed by atoms with Crippen LogP contribution in [0, 0.1) is 11.6 Å². The molecule has 0 unspecified atom stereocenters. The average molecular weight is 280 g/mol. The van der Waals surface area contributed by atoms with E-state index in [9.17, 15) is 13.6 Å². The monoisotopic (exact) mass is 280 g/mol. The Hall–Kier alpha value is -2.31. The summed E-state index contributed by atoms with van der Waals surface area (Å²) in [6, 6.07) is 1.46. The van der Waals surface area contributed by atoms with Gasteiger partial charge in [0.15, 0.2) is 11.6 Å². The highest BCUT2D eigenvalue weighted by Crippen LogP contribution is 2.17. The normalized spacial score (nSPS) is 12.2. The van der Waals surface area contributed by atoms with Crippen molar-refractivity contribution < 1.29 is 13.6 Å². The van der Waals surface area contributed by atoms with Crippen LogP contribution >= 0.6 is 0 Å². The maximum absolute atomic E-state index is 13.2. The summed E-state index contributed by atoms with van der Waals surface area (Å²) in [5.41, 5.74) is 0.472. The van der Waals surface area contributed by atoms with Gasteiger partial charge in [0.1, 0.15) is 11.9 Å². The fourth-order valence-corrected chi connectivity index (χ4v) is 1.75. The number of carbonyl (C=O) groups is 1. The zero-order chi connectivity index (χ0) is 14.9. The highest BCUT2D eigenvalue weighted by atomic mass is 19.2. The lowest BCUT2D eigenvalue weighted by molar-refractivity contribution is -0.129. The molecule has 20 heavy (non-hydrogen) atoms. The number of likely N-dealkylation sites (N-methyl/N-ethyl adjacent to an activating group) is 1. The predicted octanol–water partition coefficient (Wildman–Crippen LogP) is 1.80. The second-order valence-corrected chi connectivity index (χ2v) is 4.61. The number of nitrogens with one attached hydrogen (secondary N) is 1. The van der Waals surface area contributed by atoms with Crippen LogP contribution in [0.1, 0.15) is 6.92 Å². The van der Waals surface area contributed by atoms with E-state index >= 15 is 0 Å². The van der Waals surface area contributed by atoms with Gasteiger partial charge in [-0.25, -0.2) is 13.8 Å². The van der Waals surface area contributed by atoms with Gasteiger partial charge < -0.3 is 10.2 Å². The third-order valence-corrected chi connectivity index (χ3v) is 2.76. The van der Waals surface area contributed by atoms with Crippen LogP contribution in [-0.2, 0) is 4.79 Å². The van der Waals surface area contributed by atoms with Crippen molar-refractivity contribution in [2.45, 2.75) is 13.0 Å². The van der Waals surface area contributed by atoms with Crippen LogP contribution in [0.4, 0.5) is 14.6 Å². The molecule has 0 radical (unpaired) electrons. The van der Waals surface area contributed by atoms with Gasteiger partial charge in [0.2, 0.25) is 5.91 Å². The summed E-state index contributed by atoms with van der Waals surface area (Å²) < 4.78 is 26.2. The molecule has 1 amide bonds. The minimum Gasteiger partial charge on any atom is -0.357 e. The molecule has 0 aliphatic heterocycles. The van der Waals surface area contributed by atoms with E-state index in [1.54, 1.807) is 21.0 Å². The topological polar surface area (TPSA) is 58.1 Å². The average Bonchev–Trinajstić information content (AvgIpc) is 2.39. The third-order valence-electron chi connectivity index (χ3n) is 2.76. The fraction of sp³-hybridized carbons (Fsp3) is 0.308. The molecular formula is C13H14F2N4O. The second kappa shape index (κ2) is 5.36. The van der Waals surface area contributed by atoms with E-state index in [0.717, 1.165) is 12.1 Å². The Kier molecular flexibility index (Phi) is 3.78. The van der Waals surface area contributed by atoms with Crippen molar-refractivity contribution in [3.63, 3.8) is 0 Å². The maximum atomic E-state index is 13.2. The van der Waals surface area contributed by atoms with Crippen LogP contribution in [0.3, 0.4) is 0 Å². The van der Waals surface area contributed by atoms with Gasteiger partial charge in [-0.15, -0.1) is 0 Å². The Morgan fingerprint density at radius 2 is 1.85 bits per heavy atom. The highest BCUT2D eigenvalue weighted by Gasteiger charge is 2.15. The largest absolute Gasteiger partial charge is 0.357 e. The molecule has 0 saturated carbocycles.